The first kappa shape index (κ1) is 16.1. The maximum absolute atomic E-state index is 5.57. The van der Waals surface area contributed by atoms with Crippen LogP contribution < -0.4 is 16.4 Å². The predicted octanol–water partition coefficient (Wildman–Crippen LogP) is 1.42. The molecule has 0 aromatic heterocycles. The molecule has 0 saturated heterocycles. The minimum atomic E-state index is 0.0941. The molecule has 4 N–H and O–H groups in total. The van der Waals surface area contributed by atoms with Gasteiger partial charge in [-0.1, -0.05) is 31.2 Å². The normalized spacial score (nSPS) is 14.3. The Morgan fingerprint density at radius 2 is 2.11 bits per heavy atom. The van der Waals surface area contributed by atoms with Crippen molar-refractivity contribution in [1.29, 1.82) is 0 Å². The summed E-state index contributed by atoms with van der Waals surface area (Å²) in [6.45, 7) is 6.47. The van der Waals surface area contributed by atoms with E-state index >= 15 is 0 Å². The molecule has 0 aliphatic heterocycles. The molecule has 0 amide bonds. The highest BCUT2D eigenvalue weighted by Gasteiger charge is 2.11. The van der Waals surface area contributed by atoms with Gasteiger partial charge in [0.15, 0.2) is 0 Å². The Kier molecular flexibility index (Phi) is 7.67. The maximum atomic E-state index is 5.57. The second kappa shape index (κ2) is 9.04. The van der Waals surface area contributed by atoms with Crippen LogP contribution in [0.15, 0.2) is 24.3 Å². The molecule has 0 fully saturated rings. The van der Waals surface area contributed by atoms with E-state index in [-0.39, 0.29) is 6.10 Å². The van der Waals surface area contributed by atoms with Crippen LogP contribution in [0.5, 0.6) is 0 Å². The Balaban J connectivity index is 2.48. The Morgan fingerprint density at radius 3 is 2.74 bits per heavy atom. The fourth-order valence-corrected chi connectivity index (χ4v) is 2.05. The van der Waals surface area contributed by atoms with Gasteiger partial charge >= 0.3 is 0 Å². The van der Waals surface area contributed by atoms with E-state index in [1.807, 2.05) is 0 Å². The average molecular weight is 265 g/mol. The van der Waals surface area contributed by atoms with Gasteiger partial charge in [-0.15, -0.1) is 0 Å². The van der Waals surface area contributed by atoms with Crippen LogP contribution in [0.2, 0.25) is 0 Å². The van der Waals surface area contributed by atoms with E-state index in [2.05, 4.69) is 48.7 Å². The van der Waals surface area contributed by atoms with Crippen molar-refractivity contribution < 1.29 is 4.74 Å². The Bertz CT molecular complexity index is 357. The Labute approximate surface area is 116 Å². The van der Waals surface area contributed by atoms with Gasteiger partial charge in [0, 0.05) is 32.9 Å². The van der Waals surface area contributed by atoms with Crippen molar-refractivity contribution in [2.24, 2.45) is 5.73 Å². The van der Waals surface area contributed by atoms with Crippen LogP contribution in [0.1, 0.15) is 31.1 Å². The average Bonchev–Trinajstić information content (AvgIpc) is 2.44. The highest BCUT2D eigenvalue weighted by Crippen LogP contribution is 2.17. The smallest absolute Gasteiger partial charge is 0.0945 e. The van der Waals surface area contributed by atoms with Crippen LogP contribution in [0.25, 0.3) is 0 Å². The number of methoxy groups -OCH3 is 1. The zero-order valence-corrected chi connectivity index (χ0v) is 12.3. The van der Waals surface area contributed by atoms with Crippen molar-refractivity contribution in [2.75, 3.05) is 26.9 Å². The van der Waals surface area contributed by atoms with E-state index in [0.29, 0.717) is 12.7 Å². The molecular formula is C15H27N3O. The number of ether oxygens (including phenoxy) is 1. The summed E-state index contributed by atoms with van der Waals surface area (Å²) in [5, 5.41) is 6.58. The number of benzene rings is 1. The molecule has 2 unspecified atom stereocenters. The first-order valence-electron chi connectivity index (χ1n) is 6.97. The molecule has 19 heavy (non-hydrogen) atoms. The van der Waals surface area contributed by atoms with Gasteiger partial charge < -0.3 is 21.1 Å². The maximum Gasteiger partial charge on any atom is 0.0945 e. The van der Waals surface area contributed by atoms with Crippen molar-refractivity contribution in [2.45, 2.75) is 32.4 Å². The lowest BCUT2D eigenvalue weighted by molar-refractivity contribution is 0.102. The van der Waals surface area contributed by atoms with Crippen LogP contribution in [0.4, 0.5) is 0 Å². The highest BCUT2D eigenvalue weighted by molar-refractivity contribution is 5.25. The van der Waals surface area contributed by atoms with E-state index in [1.54, 1.807) is 7.11 Å². The van der Waals surface area contributed by atoms with Crippen molar-refractivity contribution >= 4 is 0 Å². The van der Waals surface area contributed by atoms with Gasteiger partial charge in [0.1, 0.15) is 0 Å². The molecule has 4 nitrogen and oxygen atoms in total. The third kappa shape index (κ3) is 5.70. The summed E-state index contributed by atoms with van der Waals surface area (Å²) in [5.74, 6) is 0. The van der Waals surface area contributed by atoms with Gasteiger partial charge in [-0.25, -0.2) is 0 Å². The molecule has 4 heteroatoms. The van der Waals surface area contributed by atoms with E-state index in [0.717, 1.165) is 19.5 Å². The molecular weight excluding hydrogens is 238 g/mol. The van der Waals surface area contributed by atoms with Crippen LogP contribution in [0, 0.1) is 0 Å². The largest absolute Gasteiger partial charge is 0.375 e. The minimum Gasteiger partial charge on any atom is -0.375 e. The van der Waals surface area contributed by atoms with Gasteiger partial charge in [0.05, 0.1) is 6.10 Å². The molecule has 108 valence electrons. The molecule has 0 bridgehead atoms. The fraction of sp³-hybridized carbons (Fsp3) is 0.600. The van der Waals surface area contributed by atoms with Gasteiger partial charge in [-0.2, -0.15) is 0 Å². The molecule has 1 aromatic rings. The summed E-state index contributed by atoms with van der Waals surface area (Å²) in [4.78, 5) is 0. The summed E-state index contributed by atoms with van der Waals surface area (Å²) in [6, 6.07) is 8.95. The van der Waals surface area contributed by atoms with E-state index < -0.39 is 0 Å². The topological polar surface area (TPSA) is 59.3 Å². The second-order valence-electron chi connectivity index (χ2n) is 4.79. The SMILES string of the molecule is CCc1cccc(C(CNCC(C)NCN)OC)c1. The monoisotopic (exact) mass is 265 g/mol. The molecule has 1 aromatic carbocycles. The molecule has 0 heterocycles. The van der Waals surface area contributed by atoms with Crippen molar-refractivity contribution in [3.05, 3.63) is 35.4 Å². The minimum absolute atomic E-state index is 0.0941. The summed E-state index contributed by atoms with van der Waals surface area (Å²) in [6.07, 6.45) is 1.14. The lowest BCUT2D eigenvalue weighted by atomic mass is 10.0. The number of hydrogen-bond donors (Lipinski definition) is 3. The summed E-state index contributed by atoms with van der Waals surface area (Å²) < 4.78 is 5.57. The third-order valence-electron chi connectivity index (χ3n) is 3.26. The van der Waals surface area contributed by atoms with Gasteiger partial charge in [-0.3, -0.25) is 0 Å². The molecule has 0 radical (unpaired) electrons. The van der Waals surface area contributed by atoms with Gasteiger partial charge in [0.2, 0.25) is 0 Å². The highest BCUT2D eigenvalue weighted by atomic mass is 16.5. The van der Waals surface area contributed by atoms with Crippen LogP contribution in [-0.2, 0) is 11.2 Å². The van der Waals surface area contributed by atoms with Gasteiger partial charge in [-0.05, 0) is 24.5 Å². The van der Waals surface area contributed by atoms with E-state index in [4.69, 9.17) is 10.5 Å². The molecule has 0 aliphatic rings. The van der Waals surface area contributed by atoms with Crippen LogP contribution in [0.3, 0.4) is 0 Å². The van der Waals surface area contributed by atoms with E-state index in [1.165, 1.54) is 11.1 Å². The van der Waals surface area contributed by atoms with Crippen molar-refractivity contribution in [3.63, 3.8) is 0 Å². The molecule has 0 saturated carbocycles. The first-order valence-corrected chi connectivity index (χ1v) is 6.97. The molecule has 0 spiro atoms. The van der Waals surface area contributed by atoms with E-state index in [9.17, 15) is 0 Å². The van der Waals surface area contributed by atoms with Crippen LogP contribution in [-0.4, -0.2) is 32.9 Å². The summed E-state index contributed by atoms with van der Waals surface area (Å²) >= 11 is 0. The predicted molar refractivity (Wildman–Crippen MR) is 80.1 cm³/mol. The first-order chi connectivity index (χ1) is 9.21. The van der Waals surface area contributed by atoms with Crippen LogP contribution >= 0.6 is 0 Å². The zero-order valence-electron chi connectivity index (χ0n) is 12.3. The number of nitrogens with two attached hydrogens (primary N) is 1. The molecule has 1 rings (SSSR count). The number of rotatable bonds is 9. The second-order valence-corrected chi connectivity index (χ2v) is 4.79. The van der Waals surface area contributed by atoms with Crippen molar-refractivity contribution in [3.8, 4) is 0 Å². The number of nitrogens with one attached hydrogen (secondary N) is 2. The lowest BCUT2D eigenvalue weighted by Crippen LogP contribution is -2.40. The molecule has 2 atom stereocenters. The Morgan fingerprint density at radius 1 is 1.32 bits per heavy atom. The van der Waals surface area contributed by atoms with Crippen molar-refractivity contribution in [1.82, 2.24) is 10.6 Å². The number of hydrogen-bond acceptors (Lipinski definition) is 4. The summed E-state index contributed by atoms with van der Waals surface area (Å²) in [7, 11) is 1.76. The summed E-state index contributed by atoms with van der Waals surface area (Å²) in [5.41, 5.74) is 8.02. The molecule has 0 aliphatic carbocycles. The fourth-order valence-electron chi connectivity index (χ4n) is 2.05. The zero-order chi connectivity index (χ0) is 14.1. The standard InChI is InChI=1S/C15H27N3O/c1-4-13-6-5-7-14(8-13)15(19-3)10-17-9-12(2)18-11-16/h5-8,12,15,17-18H,4,9-11,16H2,1-3H3. The van der Waals surface area contributed by atoms with Gasteiger partial charge in [0.25, 0.3) is 0 Å². The lowest BCUT2D eigenvalue weighted by Gasteiger charge is -2.19. The quantitative estimate of drug-likeness (QED) is 0.591. The Hall–Kier alpha value is -0.940. The third-order valence-corrected chi connectivity index (χ3v) is 3.26. The number of aryl methyl sites for hydroxylation is 1.